The number of rotatable bonds is 7. The van der Waals surface area contributed by atoms with Crippen LogP contribution in [-0.4, -0.2) is 30.3 Å². The molecule has 0 amide bonds. The third-order valence-electron chi connectivity index (χ3n) is 4.69. The minimum Gasteiger partial charge on any atom is -0.491 e. The lowest BCUT2D eigenvalue weighted by molar-refractivity contribution is 0.242. The molecule has 2 aromatic carbocycles. The number of fused-ring (bicyclic) bond motifs is 1. The van der Waals surface area contributed by atoms with Crippen molar-refractivity contribution in [3.05, 3.63) is 54.1 Å². The molecule has 1 aliphatic rings. The summed E-state index contributed by atoms with van der Waals surface area (Å²) < 4.78 is 5.66. The average molecular weight is 384 g/mol. The van der Waals surface area contributed by atoms with Crippen LogP contribution in [0.15, 0.2) is 48.5 Å². The van der Waals surface area contributed by atoms with Gasteiger partial charge in [0.05, 0.1) is 6.10 Å². The molecular formula is C22H29N3OS. The Hall–Kier alpha value is -2.27. The first-order valence-electron chi connectivity index (χ1n) is 9.69. The minimum absolute atomic E-state index is 0.178. The summed E-state index contributed by atoms with van der Waals surface area (Å²) in [5, 5.41) is 7.18. The molecular weight excluding hydrogens is 354 g/mol. The maximum Gasteiger partial charge on any atom is 0.170 e. The molecule has 0 aromatic heterocycles. The summed E-state index contributed by atoms with van der Waals surface area (Å²) >= 11 is 5.41. The zero-order valence-electron chi connectivity index (χ0n) is 16.4. The summed E-state index contributed by atoms with van der Waals surface area (Å²) in [6.45, 7) is 8.23. The van der Waals surface area contributed by atoms with Crippen LogP contribution in [0.1, 0.15) is 32.8 Å². The lowest BCUT2D eigenvalue weighted by atomic mass is 10.1. The Bertz CT molecular complexity index is 760. The summed E-state index contributed by atoms with van der Waals surface area (Å²) in [6, 6.07) is 17.2. The molecule has 0 saturated carbocycles. The summed E-state index contributed by atoms with van der Waals surface area (Å²) in [7, 11) is 0. The van der Waals surface area contributed by atoms with Crippen molar-refractivity contribution >= 4 is 28.7 Å². The van der Waals surface area contributed by atoms with Crippen LogP contribution in [0.25, 0.3) is 0 Å². The number of nitrogens with one attached hydrogen (secondary N) is 2. The van der Waals surface area contributed by atoms with Gasteiger partial charge in [-0.1, -0.05) is 18.2 Å². The van der Waals surface area contributed by atoms with Crippen molar-refractivity contribution in [1.29, 1.82) is 0 Å². The van der Waals surface area contributed by atoms with Gasteiger partial charge >= 0.3 is 0 Å². The van der Waals surface area contributed by atoms with Crippen molar-refractivity contribution in [2.75, 3.05) is 23.3 Å². The standard InChI is InChI=1S/C22H29N3OS/c1-16(2)26-20-11-9-19(10-12-20)24-22(27)23-13-6-14-25-17(3)15-18-7-4-5-8-21(18)25/h4-5,7-12,16-17H,6,13-15H2,1-3H3,(H2,23,24,27). The second-order valence-corrected chi connectivity index (χ2v) is 7.71. The molecule has 1 unspecified atom stereocenters. The van der Waals surface area contributed by atoms with Crippen LogP contribution in [0.2, 0.25) is 0 Å². The maximum absolute atomic E-state index is 5.66. The summed E-state index contributed by atoms with van der Waals surface area (Å²) in [5.41, 5.74) is 3.81. The topological polar surface area (TPSA) is 36.5 Å². The van der Waals surface area contributed by atoms with Crippen molar-refractivity contribution in [1.82, 2.24) is 5.32 Å². The Morgan fingerprint density at radius 2 is 1.93 bits per heavy atom. The Balaban J connectivity index is 1.40. The first-order valence-corrected chi connectivity index (χ1v) is 10.1. The average Bonchev–Trinajstić information content (AvgIpc) is 2.95. The molecule has 2 aromatic rings. The summed E-state index contributed by atoms with van der Waals surface area (Å²) in [5.74, 6) is 0.870. The van der Waals surface area contributed by atoms with Gasteiger partial charge in [-0.25, -0.2) is 0 Å². The van der Waals surface area contributed by atoms with E-state index in [1.54, 1.807) is 0 Å². The molecule has 0 fully saturated rings. The fourth-order valence-corrected chi connectivity index (χ4v) is 3.71. The molecule has 0 spiro atoms. The van der Waals surface area contributed by atoms with Crippen LogP contribution in [0.5, 0.6) is 5.75 Å². The molecule has 27 heavy (non-hydrogen) atoms. The van der Waals surface area contributed by atoms with Crippen molar-refractivity contribution in [2.24, 2.45) is 0 Å². The van der Waals surface area contributed by atoms with Gasteiger partial charge in [-0.2, -0.15) is 0 Å². The molecule has 144 valence electrons. The lowest BCUT2D eigenvalue weighted by Gasteiger charge is -2.25. The predicted molar refractivity (Wildman–Crippen MR) is 118 cm³/mol. The van der Waals surface area contributed by atoms with E-state index in [1.165, 1.54) is 11.3 Å². The predicted octanol–water partition coefficient (Wildman–Crippen LogP) is 4.60. The Labute approximate surface area is 167 Å². The third kappa shape index (κ3) is 5.36. The highest BCUT2D eigenvalue weighted by Crippen LogP contribution is 2.31. The highest BCUT2D eigenvalue weighted by molar-refractivity contribution is 7.80. The van der Waals surface area contributed by atoms with Crippen LogP contribution in [0, 0.1) is 0 Å². The van der Waals surface area contributed by atoms with E-state index in [-0.39, 0.29) is 6.10 Å². The van der Waals surface area contributed by atoms with E-state index < -0.39 is 0 Å². The van der Waals surface area contributed by atoms with Gasteiger partial charge in [-0.05, 0) is 81.7 Å². The van der Waals surface area contributed by atoms with E-state index in [2.05, 4.69) is 46.7 Å². The van der Waals surface area contributed by atoms with Gasteiger partial charge in [0, 0.05) is 30.5 Å². The monoisotopic (exact) mass is 383 g/mol. The second-order valence-electron chi connectivity index (χ2n) is 7.30. The van der Waals surface area contributed by atoms with Crippen molar-refractivity contribution in [2.45, 2.75) is 45.8 Å². The minimum atomic E-state index is 0.178. The third-order valence-corrected chi connectivity index (χ3v) is 4.94. The highest BCUT2D eigenvalue weighted by Gasteiger charge is 2.24. The molecule has 0 aliphatic carbocycles. The molecule has 1 atom stereocenters. The van der Waals surface area contributed by atoms with E-state index in [9.17, 15) is 0 Å². The van der Waals surface area contributed by atoms with Crippen LogP contribution in [0.4, 0.5) is 11.4 Å². The smallest absolute Gasteiger partial charge is 0.170 e. The van der Waals surface area contributed by atoms with Crippen LogP contribution in [0.3, 0.4) is 0 Å². The van der Waals surface area contributed by atoms with Crippen LogP contribution in [-0.2, 0) is 6.42 Å². The molecule has 1 aliphatic heterocycles. The normalized spacial score (nSPS) is 15.6. The number of hydrogen-bond donors (Lipinski definition) is 2. The zero-order chi connectivity index (χ0) is 19.2. The fourth-order valence-electron chi connectivity index (χ4n) is 3.49. The fraction of sp³-hybridized carbons (Fsp3) is 0.409. The number of hydrogen-bond acceptors (Lipinski definition) is 3. The molecule has 2 N–H and O–H groups in total. The molecule has 1 heterocycles. The number of thiocarbonyl (C=S) groups is 1. The van der Waals surface area contributed by atoms with E-state index >= 15 is 0 Å². The quantitative estimate of drug-likeness (QED) is 0.540. The largest absolute Gasteiger partial charge is 0.491 e. The van der Waals surface area contributed by atoms with E-state index in [4.69, 9.17) is 17.0 Å². The van der Waals surface area contributed by atoms with Crippen molar-refractivity contribution in [3.63, 3.8) is 0 Å². The van der Waals surface area contributed by atoms with E-state index in [1.807, 2.05) is 38.1 Å². The van der Waals surface area contributed by atoms with Gasteiger partial charge in [-0.15, -0.1) is 0 Å². The van der Waals surface area contributed by atoms with E-state index in [0.717, 1.165) is 37.4 Å². The van der Waals surface area contributed by atoms with Gasteiger partial charge in [0.15, 0.2) is 5.11 Å². The first-order chi connectivity index (χ1) is 13.0. The van der Waals surface area contributed by atoms with Crippen molar-refractivity contribution in [3.8, 4) is 5.75 Å². The van der Waals surface area contributed by atoms with Crippen LogP contribution >= 0.6 is 12.2 Å². The Morgan fingerprint density at radius 1 is 1.19 bits per heavy atom. The number of ether oxygens (including phenoxy) is 1. The van der Waals surface area contributed by atoms with Gasteiger partial charge < -0.3 is 20.3 Å². The molecule has 4 nitrogen and oxygen atoms in total. The SMILES string of the molecule is CC(C)Oc1ccc(NC(=S)NCCCN2c3ccccc3CC2C)cc1. The second kappa shape index (κ2) is 9.09. The summed E-state index contributed by atoms with van der Waals surface area (Å²) in [6.07, 6.45) is 2.36. The van der Waals surface area contributed by atoms with Crippen LogP contribution < -0.4 is 20.3 Å². The Morgan fingerprint density at radius 3 is 2.67 bits per heavy atom. The van der Waals surface area contributed by atoms with Gasteiger partial charge in [0.25, 0.3) is 0 Å². The van der Waals surface area contributed by atoms with Crippen molar-refractivity contribution < 1.29 is 4.74 Å². The van der Waals surface area contributed by atoms with Gasteiger partial charge in [0.1, 0.15) is 5.75 Å². The molecule has 3 rings (SSSR count). The zero-order valence-corrected chi connectivity index (χ0v) is 17.2. The van der Waals surface area contributed by atoms with E-state index in [0.29, 0.717) is 11.2 Å². The first kappa shape index (κ1) is 19.5. The number of anilines is 2. The molecule has 0 bridgehead atoms. The van der Waals surface area contributed by atoms with Gasteiger partial charge in [-0.3, -0.25) is 0 Å². The Kier molecular flexibility index (Phi) is 6.56. The lowest BCUT2D eigenvalue weighted by Crippen LogP contribution is -2.34. The maximum atomic E-state index is 5.66. The highest BCUT2D eigenvalue weighted by atomic mass is 32.1. The summed E-state index contributed by atoms with van der Waals surface area (Å²) in [4.78, 5) is 2.50. The molecule has 0 radical (unpaired) electrons. The van der Waals surface area contributed by atoms with Gasteiger partial charge in [0.2, 0.25) is 0 Å². The number of para-hydroxylation sites is 1. The number of benzene rings is 2. The number of nitrogens with zero attached hydrogens (tertiary/aromatic N) is 1. The molecule has 0 saturated heterocycles. The molecule has 5 heteroatoms.